The Balaban J connectivity index is 1.47. The van der Waals surface area contributed by atoms with E-state index in [0.29, 0.717) is 0 Å². The molecule has 0 saturated heterocycles. The van der Waals surface area contributed by atoms with Crippen molar-refractivity contribution in [2.45, 2.75) is 57.9 Å². The van der Waals surface area contributed by atoms with Crippen LogP contribution in [0, 0.1) is 31.6 Å². The Morgan fingerprint density at radius 3 is 2.08 bits per heavy atom. The summed E-state index contributed by atoms with van der Waals surface area (Å²) in [6.07, 6.45) is 11.5. The molecule has 0 spiro atoms. The zero-order valence-corrected chi connectivity index (χ0v) is 15.6. The van der Waals surface area contributed by atoms with E-state index >= 15 is 0 Å². The van der Waals surface area contributed by atoms with Crippen molar-refractivity contribution in [1.82, 2.24) is 5.32 Å². The summed E-state index contributed by atoms with van der Waals surface area (Å²) in [5.41, 5.74) is 3.47. The molecular weight excluding hydrogens is 310 g/mol. The Hall–Kier alpha value is -1.77. The van der Waals surface area contributed by atoms with Crippen LogP contribution < -0.4 is 10.1 Å². The molecule has 1 aromatic carbocycles. The SMILES string of the molecule is COc1cc(C)c(/C=C/C(=O)NC23CC4CC(CC(C4)C2)C3)c(C)c1. The Morgan fingerprint density at radius 1 is 1.08 bits per heavy atom. The third-order valence-corrected chi connectivity index (χ3v) is 6.63. The predicted octanol–water partition coefficient (Wildman–Crippen LogP) is 4.41. The van der Waals surface area contributed by atoms with Crippen LogP contribution in [-0.2, 0) is 4.79 Å². The summed E-state index contributed by atoms with van der Waals surface area (Å²) in [4.78, 5) is 12.6. The van der Waals surface area contributed by atoms with E-state index in [2.05, 4.69) is 19.2 Å². The van der Waals surface area contributed by atoms with Gasteiger partial charge in [0.1, 0.15) is 5.75 Å². The largest absolute Gasteiger partial charge is 0.497 e. The Kier molecular flexibility index (Phi) is 4.13. The van der Waals surface area contributed by atoms with Crippen LogP contribution >= 0.6 is 0 Å². The molecule has 0 radical (unpaired) electrons. The molecular formula is C22H29NO2. The van der Waals surface area contributed by atoms with Crippen LogP contribution in [0.25, 0.3) is 6.08 Å². The molecule has 0 unspecified atom stereocenters. The number of carbonyl (C=O) groups excluding carboxylic acids is 1. The second-order valence-electron chi connectivity index (χ2n) is 8.70. The third kappa shape index (κ3) is 3.21. The highest BCUT2D eigenvalue weighted by molar-refractivity contribution is 5.92. The summed E-state index contributed by atoms with van der Waals surface area (Å²) in [5.74, 6) is 3.48. The number of aryl methyl sites for hydroxylation is 2. The van der Waals surface area contributed by atoms with Gasteiger partial charge >= 0.3 is 0 Å². The highest BCUT2D eigenvalue weighted by atomic mass is 16.5. The summed E-state index contributed by atoms with van der Waals surface area (Å²) in [5, 5.41) is 3.41. The predicted molar refractivity (Wildman–Crippen MR) is 101 cm³/mol. The Bertz CT molecular complexity index is 660. The number of hydrogen-bond acceptors (Lipinski definition) is 2. The fourth-order valence-electron chi connectivity index (χ4n) is 6.04. The van der Waals surface area contributed by atoms with Gasteiger partial charge in [0.15, 0.2) is 0 Å². The van der Waals surface area contributed by atoms with Crippen molar-refractivity contribution in [3.8, 4) is 5.75 Å². The van der Waals surface area contributed by atoms with Gasteiger partial charge in [-0.1, -0.05) is 0 Å². The molecule has 5 rings (SSSR count). The van der Waals surface area contributed by atoms with Crippen molar-refractivity contribution in [3.05, 3.63) is 34.9 Å². The van der Waals surface area contributed by atoms with E-state index < -0.39 is 0 Å². The van der Waals surface area contributed by atoms with Gasteiger partial charge in [-0.2, -0.15) is 0 Å². The minimum Gasteiger partial charge on any atom is -0.497 e. The van der Waals surface area contributed by atoms with E-state index in [1.807, 2.05) is 18.2 Å². The van der Waals surface area contributed by atoms with E-state index in [0.717, 1.165) is 40.2 Å². The zero-order chi connectivity index (χ0) is 17.6. The van der Waals surface area contributed by atoms with Crippen LogP contribution in [0.2, 0.25) is 0 Å². The number of benzene rings is 1. The van der Waals surface area contributed by atoms with Crippen LogP contribution in [0.1, 0.15) is 55.2 Å². The van der Waals surface area contributed by atoms with E-state index in [1.54, 1.807) is 13.2 Å². The van der Waals surface area contributed by atoms with Crippen molar-refractivity contribution in [1.29, 1.82) is 0 Å². The van der Waals surface area contributed by atoms with Crippen molar-refractivity contribution in [2.75, 3.05) is 7.11 Å². The summed E-state index contributed by atoms with van der Waals surface area (Å²) in [6, 6.07) is 4.04. The number of nitrogens with one attached hydrogen (secondary N) is 1. The molecule has 25 heavy (non-hydrogen) atoms. The first-order chi connectivity index (χ1) is 12.0. The maximum atomic E-state index is 12.6. The highest BCUT2D eigenvalue weighted by Gasteiger charge is 2.51. The lowest BCUT2D eigenvalue weighted by molar-refractivity contribution is -0.122. The maximum Gasteiger partial charge on any atom is 0.244 e. The molecule has 3 heteroatoms. The van der Waals surface area contributed by atoms with E-state index in [4.69, 9.17) is 4.74 Å². The smallest absolute Gasteiger partial charge is 0.244 e. The van der Waals surface area contributed by atoms with Gasteiger partial charge in [0.2, 0.25) is 5.91 Å². The van der Waals surface area contributed by atoms with Crippen molar-refractivity contribution in [2.24, 2.45) is 17.8 Å². The summed E-state index contributed by atoms with van der Waals surface area (Å²) >= 11 is 0. The quantitative estimate of drug-likeness (QED) is 0.825. The average molecular weight is 339 g/mol. The van der Waals surface area contributed by atoms with Gasteiger partial charge in [-0.05, 0) is 105 Å². The standard InChI is InChI=1S/C22H29NO2/c1-14-6-19(25-3)7-15(2)20(14)4-5-21(24)23-22-11-16-8-17(12-22)10-18(9-16)13-22/h4-7,16-18H,8-13H2,1-3H3,(H,23,24)/b5-4+. The van der Waals surface area contributed by atoms with Gasteiger partial charge in [0.25, 0.3) is 0 Å². The molecule has 4 bridgehead atoms. The molecule has 0 aliphatic heterocycles. The molecule has 1 N–H and O–H groups in total. The fraction of sp³-hybridized carbons (Fsp3) is 0.591. The number of hydrogen-bond donors (Lipinski definition) is 1. The number of rotatable bonds is 4. The van der Waals surface area contributed by atoms with Gasteiger partial charge in [-0.15, -0.1) is 0 Å². The lowest BCUT2D eigenvalue weighted by Crippen LogP contribution is -2.59. The molecule has 4 saturated carbocycles. The second-order valence-corrected chi connectivity index (χ2v) is 8.70. The van der Waals surface area contributed by atoms with E-state index in [9.17, 15) is 4.79 Å². The van der Waals surface area contributed by atoms with Crippen LogP contribution in [0.15, 0.2) is 18.2 Å². The van der Waals surface area contributed by atoms with Crippen LogP contribution in [0.5, 0.6) is 5.75 Å². The molecule has 0 heterocycles. The van der Waals surface area contributed by atoms with Gasteiger partial charge in [0, 0.05) is 11.6 Å². The first kappa shape index (κ1) is 16.7. The molecule has 1 aromatic rings. The molecule has 0 atom stereocenters. The van der Waals surface area contributed by atoms with Crippen molar-refractivity contribution < 1.29 is 9.53 Å². The minimum absolute atomic E-state index is 0.0663. The normalized spacial score (nSPS) is 33.0. The number of carbonyl (C=O) groups is 1. The van der Waals surface area contributed by atoms with Gasteiger partial charge in [0.05, 0.1) is 7.11 Å². The second kappa shape index (κ2) is 6.19. The van der Waals surface area contributed by atoms with Gasteiger partial charge in [-0.3, -0.25) is 4.79 Å². The first-order valence-electron chi connectivity index (χ1n) is 9.62. The van der Waals surface area contributed by atoms with Crippen LogP contribution in [0.3, 0.4) is 0 Å². The lowest BCUT2D eigenvalue weighted by Gasteiger charge is -2.56. The maximum absolute atomic E-state index is 12.6. The monoisotopic (exact) mass is 339 g/mol. The minimum atomic E-state index is 0.0663. The van der Waals surface area contributed by atoms with Gasteiger partial charge in [-0.25, -0.2) is 0 Å². The Morgan fingerprint density at radius 2 is 1.60 bits per heavy atom. The molecule has 4 fully saturated rings. The average Bonchev–Trinajstić information content (AvgIpc) is 2.51. The van der Waals surface area contributed by atoms with E-state index in [-0.39, 0.29) is 11.4 Å². The molecule has 3 nitrogen and oxygen atoms in total. The highest BCUT2D eigenvalue weighted by Crippen LogP contribution is 2.55. The van der Waals surface area contributed by atoms with Crippen LogP contribution in [-0.4, -0.2) is 18.6 Å². The molecule has 1 amide bonds. The summed E-state index contributed by atoms with van der Waals surface area (Å²) < 4.78 is 5.31. The first-order valence-corrected chi connectivity index (χ1v) is 9.62. The molecule has 4 aliphatic carbocycles. The topological polar surface area (TPSA) is 38.3 Å². The summed E-state index contributed by atoms with van der Waals surface area (Å²) in [7, 11) is 1.68. The van der Waals surface area contributed by atoms with Gasteiger partial charge < -0.3 is 10.1 Å². The van der Waals surface area contributed by atoms with Crippen molar-refractivity contribution in [3.63, 3.8) is 0 Å². The zero-order valence-electron chi connectivity index (χ0n) is 15.6. The number of methoxy groups -OCH3 is 1. The number of amides is 1. The molecule has 0 aromatic heterocycles. The molecule has 134 valence electrons. The third-order valence-electron chi connectivity index (χ3n) is 6.63. The lowest BCUT2D eigenvalue weighted by atomic mass is 9.53. The Labute approximate surface area is 150 Å². The number of ether oxygens (including phenoxy) is 1. The summed E-state index contributed by atoms with van der Waals surface area (Å²) in [6.45, 7) is 4.12. The molecule has 4 aliphatic rings. The van der Waals surface area contributed by atoms with Crippen molar-refractivity contribution >= 4 is 12.0 Å². The fourth-order valence-corrected chi connectivity index (χ4v) is 6.04. The van der Waals surface area contributed by atoms with E-state index in [1.165, 1.54) is 38.5 Å². The van der Waals surface area contributed by atoms with Crippen LogP contribution in [0.4, 0.5) is 0 Å².